The molecule has 1 aromatic rings. The molecule has 2 aliphatic heterocycles. The first-order valence-electron chi connectivity index (χ1n) is 7.44. The first-order valence-corrected chi connectivity index (χ1v) is 7.44. The minimum Gasteiger partial charge on any atom is -0.317 e. The molecular formula is C16H23FN2. The van der Waals surface area contributed by atoms with Gasteiger partial charge in [-0.3, -0.25) is 0 Å². The number of hydrogen-bond donors (Lipinski definition) is 1. The fourth-order valence-electron chi connectivity index (χ4n) is 3.56. The Labute approximate surface area is 115 Å². The third-order valence-corrected chi connectivity index (χ3v) is 4.84. The monoisotopic (exact) mass is 262 g/mol. The number of halogens is 1. The van der Waals surface area contributed by atoms with Crippen molar-refractivity contribution in [1.82, 2.24) is 10.2 Å². The maximum Gasteiger partial charge on any atom is 0.126 e. The third kappa shape index (κ3) is 2.98. The van der Waals surface area contributed by atoms with Crippen molar-refractivity contribution in [3.63, 3.8) is 0 Å². The Balaban J connectivity index is 1.53. The highest BCUT2D eigenvalue weighted by molar-refractivity contribution is 5.17. The van der Waals surface area contributed by atoms with Gasteiger partial charge in [-0.05, 0) is 62.4 Å². The summed E-state index contributed by atoms with van der Waals surface area (Å²) in [5.41, 5.74) is 1.41. The van der Waals surface area contributed by atoms with Gasteiger partial charge < -0.3 is 10.2 Å². The summed E-state index contributed by atoms with van der Waals surface area (Å²) in [4.78, 5) is 2.53. The van der Waals surface area contributed by atoms with Gasteiger partial charge in [0.05, 0.1) is 0 Å². The van der Waals surface area contributed by atoms with Crippen LogP contribution >= 0.6 is 0 Å². The molecule has 0 amide bonds. The van der Waals surface area contributed by atoms with Crippen LogP contribution in [0.5, 0.6) is 0 Å². The largest absolute Gasteiger partial charge is 0.317 e. The van der Waals surface area contributed by atoms with Gasteiger partial charge in [0.2, 0.25) is 0 Å². The quantitative estimate of drug-likeness (QED) is 0.900. The molecule has 0 aliphatic carbocycles. The molecule has 104 valence electrons. The van der Waals surface area contributed by atoms with Crippen molar-refractivity contribution < 1.29 is 4.39 Å². The van der Waals surface area contributed by atoms with E-state index < -0.39 is 0 Å². The van der Waals surface area contributed by atoms with Gasteiger partial charge in [-0.15, -0.1) is 0 Å². The Morgan fingerprint density at radius 2 is 1.95 bits per heavy atom. The first-order chi connectivity index (χ1) is 9.27. The van der Waals surface area contributed by atoms with Gasteiger partial charge in [0.1, 0.15) is 5.82 Å². The molecule has 0 radical (unpaired) electrons. The second-order valence-electron chi connectivity index (χ2n) is 6.12. The molecule has 2 saturated heterocycles. The molecule has 3 heteroatoms. The standard InChI is InChI=1S/C16H23FN2/c17-15-4-2-1-3-14(15)5-11-19-12-8-16(13-19)6-9-18-10-7-16/h1-4,18H,5-13H2. The van der Waals surface area contributed by atoms with Crippen molar-refractivity contribution in [3.8, 4) is 0 Å². The number of piperidine rings is 1. The summed E-state index contributed by atoms with van der Waals surface area (Å²) in [5, 5.41) is 3.45. The van der Waals surface area contributed by atoms with E-state index in [-0.39, 0.29) is 5.82 Å². The number of nitrogens with one attached hydrogen (secondary N) is 1. The van der Waals surface area contributed by atoms with Gasteiger partial charge in [0.15, 0.2) is 0 Å². The first kappa shape index (κ1) is 13.1. The molecule has 2 fully saturated rings. The number of likely N-dealkylation sites (tertiary alicyclic amines) is 1. The molecule has 0 bridgehead atoms. The SMILES string of the molecule is Fc1ccccc1CCN1CCC2(CCNCC2)C1. The minimum absolute atomic E-state index is 0.0572. The lowest BCUT2D eigenvalue weighted by molar-refractivity contribution is 0.197. The zero-order chi connectivity index (χ0) is 13.1. The van der Waals surface area contributed by atoms with E-state index in [9.17, 15) is 4.39 Å². The maximum atomic E-state index is 13.6. The van der Waals surface area contributed by atoms with Crippen LogP contribution in [0.15, 0.2) is 24.3 Å². The molecule has 0 atom stereocenters. The van der Waals surface area contributed by atoms with Gasteiger partial charge in [0, 0.05) is 13.1 Å². The topological polar surface area (TPSA) is 15.3 Å². The fraction of sp³-hybridized carbons (Fsp3) is 0.625. The average molecular weight is 262 g/mol. The lowest BCUT2D eigenvalue weighted by atomic mass is 9.78. The van der Waals surface area contributed by atoms with E-state index in [4.69, 9.17) is 0 Å². The zero-order valence-electron chi connectivity index (χ0n) is 11.5. The number of rotatable bonds is 3. The zero-order valence-corrected chi connectivity index (χ0v) is 11.5. The molecule has 3 rings (SSSR count). The second-order valence-corrected chi connectivity index (χ2v) is 6.12. The van der Waals surface area contributed by atoms with Crippen LogP contribution in [0, 0.1) is 11.2 Å². The van der Waals surface area contributed by atoms with Gasteiger partial charge in [-0.25, -0.2) is 4.39 Å². The molecule has 0 unspecified atom stereocenters. The van der Waals surface area contributed by atoms with E-state index in [1.807, 2.05) is 12.1 Å². The Hall–Kier alpha value is -0.930. The molecular weight excluding hydrogens is 239 g/mol. The maximum absolute atomic E-state index is 13.6. The normalized spacial score (nSPS) is 23.0. The van der Waals surface area contributed by atoms with E-state index >= 15 is 0 Å². The highest BCUT2D eigenvalue weighted by Gasteiger charge is 2.38. The van der Waals surface area contributed by atoms with Crippen LogP contribution in [-0.4, -0.2) is 37.6 Å². The summed E-state index contributed by atoms with van der Waals surface area (Å²) in [6, 6.07) is 7.16. The average Bonchev–Trinajstić information content (AvgIpc) is 2.82. The second kappa shape index (κ2) is 5.59. The summed E-state index contributed by atoms with van der Waals surface area (Å²) in [5.74, 6) is -0.0572. The summed E-state index contributed by atoms with van der Waals surface area (Å²) >= 11 is 0. The van der Waals surface area contributed by atoms with Gasteiger partial charge in [0.25, 0.3) is 0 Å². The summed E-state index contributed by atoms with van der Waals surface area (Å²) in [6.45, 7) is 5.73. The Kier molecular flexibility index (Phi) is 3.85. The fourth-order valence-corrected chi connectivity index (χ4v) is 3.56. The molecule has 1 N–H and O–H groups in total. The van der Waals surface area contributed by atoms with Crippen LogP contribution in [0.25, 0.3) is 0 Å². The van der Waals surface area contributed by atoms with Crippen LogP contribution in [-0.2, 0) is 6.42 Å². The highest BCUT2D eigenvalue weighted by Crippen LogP contribution is 2.38. The van der Waals surface area contributed by atoms with Crippen molar-refractivity contribution in [2.24, 2.45) is 5.41 Å². The summed E-state index contributed by atoms with van der Waals surface area (Å²) in [6.07, 6.45) is 4.78. The van der Waals surface area contributed by atoms with Gasteiger partial charge in [-0.2, -0.15) is 0 Å². The predicted molar refractivity (Wildman–Crippen MR) is 75.7 cm³/mol. The van der Waals surface area contributed by atoms with E-state index in [2.05, 4.69) is 10.2 Å². The molecule has 1 spiro atoms. The Bertz CT molecular complexity index is 427. The smallest absolute Gasteiger partial charge is 0.126 e. The lowest BCUT2D eigenvalue weighted by Gasteiger charge is -2.33. The van der Waals surface area contributed by atoms with Gasteiger partial charge >= 0.3 is 0 Å². The van der Waals surface area contributed by atoms with E-state index in [0.717, 1.165) is 18.5 Å². The minimum atomic E-state index is -0.0572. The summed E-state index contributed by atoms with van der Waals surface area (Å²) in [7, 11) is 0. The van der Waals surface area contributed by atoms with Crippen LogP contribution in [0.2, 0.25) is 0 Å². The summed E-state index contributed by atoms with van der Waals surface area (Å²) < 4.78 is 13.6. The predicted octanol–water partition coefficient (Wildman–Crippen LogP) is 2.44. The van der Waals surface area contributed by atoms with Gasteiger partial charge in [-0.1, -0.05) is 18.2 Å². The van der Waals surface area contributed by atoms with E-state index in [0.29, 0.717) is 5.41 Å². The molecule has 19 heavy (non-hydrogen) atoms. The molecule has 0 saturated carbocycles. The number of nitrogens with zero attached hydrogens (tertiary/aromatic N) is 1. The molecule has 0 aromatic heterocycles. The number of hydrogen-bond acceptors (Lipinski definition) is 2. The third-order valence-electron chi connectivity index (χ3n) is 4.84. The van der Waals surface area contributed by atoms with Crippen molar-refractivity contribution in [3.05, 3.63) is 35.6 Å². The highest BCUT2D eigenvalue weighted by atomic mass is 19.1. The molecule has 2 nitrogen and oxygen atoms in total. The molecule has 2 heterocycles. The Morgan fingerprint density at radius 3 is 2.74 bits per heavy atom. The van der Waals surface area contributed by atoms with Crippen LogP contribution < -0.4 is 5.32 Å². The lowest BCUT2D eigenvalue weighted by Crippen LogP contribution is -2.38. The van der Waals surface area contributed by atoms with Crippen LogP contribution in [0.1, 0.15) is 24.8 Å². The van der Waals surface area contributed by atoms with Crippen molar-refractivity contribution in [2.75, 3.05) is 32.7 Å². The van der Waals surface area contributed by atoms with Crippen LogP contribution in [0.3, 0.4) is 0 Å². The molecule has 2 aliphatic rings. The van der Waals surface area contributed by atoms with E-state index in [1.165, 1.54) is 45.4 Å². The molecule has 1 aromatic carbocycles. The van der Waals surface area contributed by atoms with Crippen molar-refractivity contribution in [1.29, 1.82) is 0 Å². The number of benzene rings is 1. The Morgan fingerprint density at radius 1 is 1.16 bits per heavy atom. The van der Waals surface area contributed by atoms with Crippen molar-refractivity contribution >= 4 is 0 Å². The van der Waals surface area contributed by atoms with Crippen molar-refractivity contribution in [2.45, 2.75) is 25.7 Å². The van der Waals surface area contributed by atoms with E-state index in [1.54, 1.807) is 12.1 Å². The van der Waals surface area contributed by atoms with Crippen LogP contribution in [0.4, 0.5) is 4.39 Å².